The van der Waals surface area contributed by atoms with Crippen LogP contribution in [-0.4, -0.2) is 54.4 Å². The molecule has 1 atom stereocenters. The first-order valence-electron chi connectivity index (χ1n) is 10.3. The second-order valence-corrected chi connectivity index (χ2v) is 7.73. The van der Waals surface area contributed by atoms with Crippen LogP contribution in [0.4, 0.5) is 0 Å². The molecule has 0 spiro atoms. The van der Waals surface area contributed by atoms with Crippen molar-refractivity contribution in [2.75, 3.05) is 26.7 Å². The summed E-state index contributed by atoms with van der Waals surface area (Å²) in [5, 5.41) is 3.00. The predicted molar refractivity (Wildman–Crippen MR) is 113 cm³/mol. The maximum Gasteiger partial charge on any atom is 0.339 e. The molecule has 1 aromatic heterocycles. The Bertz CT molecular complexity index is 920. The maximum absolute atomic E-state index is 13.1. The summed E-state index contributed by atoms with van der Waals surface area (Å²) in [6.45, 7) is 5.03. The summed E-state index contributed by atoms with van der Waals surface area (Å²) in [4.78, 5) is 42.4. The summed E-state index contributed by atoms with van der Waals surface area (Å²) in [5.41, 5.74) is 3.15. The molecule has 0 radical (unpaired) electrons. The molecule has 2 amide bonds. The lowest BCUT2D eigenvalue weighted by Gasteiger charge is -2.32. The average Bonchev–Trinajstić information content (AvgIpc) is 3.07. The average molecular weight is 412 g/mol. The molecule has 1 aromatic carbocycles. The number of rotatable bonds is 6. The van der Waals surface area contributed by atoms with E-state index in [0.717, 1.165) is 19.3 Å². The minimum atomic E-state index is -0.463. The highest BCUT2D eigenvalue weighted by molar-refractivity contribution is 6.00. The van der Waals surface area contributed by atoms with Crippen molar-refractivity contribution < 1.29 is 19.1 Å². The number of H-pyrrole nitrogens is 1. The van der Waals surface area contributed by atoms with E-state index in [4.69, 9.17) is 4.74 Å². The van der Waals surface area contributed by atoms with Gasteiger partial charge in [0.2, 0.25) is 5.91 Å². The molecule has 0 bridgehead atoms. The molecule has 1 fully saturated rings. The van der Waals surface area contributed by atoms with E-state index >= 15 is 0 Å². The van der Waals surface area contributed by atoms with Crippen LogP contribution in [0.3, 0.4) is 0 Å². The van der Waals surface area contributed by atoms with Crippen molar-refractivity contribution in [3.8, 4) is 0 Å². The zero-order chi connectivity index (χ0) is 21.7. The van der Waals surface area contributed by atoms with Gasteiger partial charge < -0.3 is 19.9 Å². The van der Waals surface area contributed by atoms with Gasteiger partial charge in [0.1, 0.15) is 5.69 Å². The number of hydrogen-bond acceptors (Lipinski definition) is 4. The minimum absolute atomic E-state index is 0.0157. The molecule has 2 N–H and O–H groups in total. The number of esters is 1. The Morgan fingerprint density at radius 3 is 2.63 bits per heavy atom. The summed E-state index contributed by atoms with van der Waals surface area (Å²) in [7, 11) is 1.32. The number of amides is 2. The maximum atomic E-state index is 13.1. The molecular formula is C23H29N3O4. The minimum Gasteiger partial charge on any atom is -0.465 e. The van der Waals surface area contributed by atoms with E-state index in [-0.39, 0.29) is 17.7 Å². The first-order chi connectivity index (χ1) is 14.4. The van der Waals surface area contributed by atoms with Gasteiger partial charge in [-0.15, -0.1) is 0 Å². The van der Waals surface area contributed by atoms with Crippen molar-refractivity contribution >= 4 is 17.8 Å². The third-order valence-electron chi connectivity index (χ3n) is 5.68. The lowest BCUT2D eigenvalue weighted by Crippen LogP contribution is -2.46. The third kappa shape index (κ3) is 4.72. The zero-order valence-electron chi connectivity index (χ0n) is 17.8. The highest BCUT2D eigenvalue weighted by Gasteiger charge is 2.31. The van der Waals surface area contributed by atoms with Gasteiger partial charge in [-0.05, 0) is 44.2 Å². The second-order valence-electron chi connectivity index (χ2n) is 7.73. The molecule has 1 aliphatic heterocycles. The van der Waals surface area contributed by atoms with Crippen molar-refractivity contribution in [3.05, 3.63) is 58.4 Å². The first-order valence-corrected chi connectivity index (χ1v) is 10.3. The fraction of sp³-hybridized carbons (Fsp3) is 0.435. The number of nitrogens with zero attached hydrogens (tertiary/aromatic N) is 1. The van der Waals surface area contributed by atoms with Crippen LogP contribution in [0.15, 0.2) is 30.3 Å². The number of ether oxygens (including phenoxy) is 1. The Morgan fingerprint density at radius 1 is 1.20 bits per heavy atom. The SMILES string of the molecule is COC(=O)c1c(C)[nH]c(C(=O)N2CCCC(C(=O)NCCc3ccccc3)C2)c1C. The lowest BCUT2D eigenvalue weighted by atomic mass is 9.96. The molecule has 7 nitrogen and oxygen atoms in total. The molecule has 2 heterocycles. The van der Waals surface area contributed by atoms with Gasteiger partial charge in [0.25, 0.3) is 5.91 Å². The summed E-state index contributed by atoms with van der Waals surface area (Å²) in [6, 6.07) is 10.0. The Kier molecular flexibility index (Phi) is 6.92. The van der Waals surface area contributed by atoms with E-state index in [1.165, 1.54) is 12.7 Å². The second kappa shape index (κ2) is 9.61. The standard InChI is InChI=1S/C23H29N3O4/c1-15-19(23(29)30-3)16(2)25-20(15)22(28)26-13-7-10-18(14-26)21(27)24-12-11-17-8-5-4-6-9-17/h4-6,8-9,18,25H,7,10-14H2,1-3H3,(H,24,27). The highest BCUT2D eigenvalue weighted by atomic mass is 16.5. The van der Waals surface area contributed by atoms with Crippen molar-refractivity contribution in [1.29, 1.82) is 0 Å². The van der Waals surface area contributed by atoms with Gasteiger partial charge in [-0.2, -0.15) is 0 Å². The topological polar surface area (TPSA) is 91.5 Å². The molecule has 160 valence electrons. The summed E-state index contributed by atoms with van der Waals surface area (Å²) < 4.78 is 4.82. The highest BCUT2D eigenvalue weighted by Crippen LogP contribution is 2.23. The van der Waals surface area contributed by atoms with E-state index in [1.54, 1.807) is 18.7 Å². The largest absolute Gasteiger partial charge is 0.465 e. The van der Waals surface area contributed by atoms with Gasteiger partial charge in [0, 0.05) is 25.3 Å². The molecule has 1 saturated heterocycles. The van der Waals surface area contributed by atoms with Crippen molar-refractivity contribution in [3.63, 3.8) is 0 Å². The van der Waals surface area contributed by atoms with Gasteiger partial charge in [-0.25, -0.2) is 4.79 Å². The lowest BCUT2D eigenvalue weighted by molar-refractivity contribution is -0.126. The number of hydrogen-bond donors (Lipinski definition) is 2. The van der Waals surface area contributed by atoms with Crippen molar-refractivity contribution in [2.24, 2.45) is 5.92 Å². The number of methoxy groups -OCH3 is 1. The summed E-state index contributed by atoms with van der Waals surface area (Å²) >= 11 is 0. The van der Waals surface area contributed by atoms with Crippen LogP contribution in [0.2, 0.25) is 0 Å². The summed E-state index contributed by atoms with van der Waals surface area (Å²) in [5.74, 6) is -0.893. The molecule has 7 heteroatoms. The monoisotopic (exact) mass is 411 g/mol. The van der Waals surface area contributed by atoms with Crippen LogP contribution in [0.5, 0.6) is 0 Å². The molecule has 30 heavy (non-hydrogen) atoms. The van der Waals surface area contributed by atoms with Crippen LogP contribution in [-0.2, 0) is 16.0 Å². The van der Waals surface area contributed by atoms with Crippen molar-refractivity contribution in [1.82, 2.24) is 15.2 Å². The van der Waals surface area contributed by atoms with Gasteiger partial charge >= 0.3 is 5.97 Å². The van der Waals surface area contributed by atoms with Crippen LogP contribution >= 0.6 is 0 Å². The normalized spacial score (nSPS) is 16.2. The number of piperidine rings is 1. The van der Waals surface area contributed by atoms with Gasteiger partial charge in [0.15, 0.2) is 0 Å². The van der Waals surface area contributed by atoms with E-state index in [1.807, 2.05) is 30.3 Å². The van der Waals surface area contributed by atoms with Gasteiger partial charge in [-0.3, -0.25) is 9.59 Å². The molecule has 2 aromatic rings. The van der Waals surface area contributed by atoms with Crippen LogP contribution in [0, 0.1) is 19.8 Å². The Morgan fingerprint density at radius 2 is 1.93 bits per heavy atom. The number of aromatic nitrogens is 1. The number of carbonyl (C=O) groups excluding carboxylic acids is 3. The van der Waals surface area contributed by atoms with Crippen LogP contribution < -0.4 is 5.32 Å². The number of benzene rings is 1. The number of carbonyl (C=O) groups is 3. The van der Waals surface area contributed by atoms with E-state index in [2.05, 4.69) is 10.3 Å². The molecule has 0 aliphatic carbocycles. The van der Waals surface area contributed by atoms with Crippen LogP contribution in [0.1, 0.15) is 50.5 Å². The quantitative estimate of drug-likeness (QED) is 0.715. The molecule has 1 aliphatic rings. The van der Waals surface area contributed by atoms with Gasteiger partial charge in [0.05, 0.1) is 18.6 Å². The van der Waals surface area contributed by atoms with Crippen molar-refractivity contribution in [2.45, 2.75) is 33.1 Å². The predicted octanol–water partition coefficient (Wildman–Crippen LogP) is 2.63. The Balaban J connectivity index is 1.61. The van der Waals surface area contributed by atoms with E-state index in [0.29, 0.717) is 42.1 Å². The Hall–Kier alpha value is -3.09. The summed E-state index contributed by atoms with van der Waals surface area (Å²) in [6.07, 6.45) is 2.31. The van der Waals surface area contributed by atoms with E-state index in [9.17, 15) is 14.4 Å². The first kappa shape index (κ1) is 21.6. The molecule has 1 unspecified atom stereocenters. The fourth-order valence-corrected chi connectivity index (χ4v) is 4.02. The van der Waals surface area contributed by atoms with E-state index < -0.39 is 5.97 Å². The fourth-order valence-electron chi connectivity index (χ4n) is 4.02. The van der Waals surface area contributed by atoms with Crippen LogP contribution in [0.25, 0.3) is 0 Å². The Labute approximate surface area is 176 Å². The molecular weight excluding hydrogens is 382 g/mol. The zero-order valence-corrected chi connectivity index (χ0v) is 17.8. The third-order valence-corrected chi connectivity index (χ3v) is 5.68. The number of likely N-dealkylation sites (tertiary alicyclic amines) is 1. The molecule has 0 saturated carbocycles. The smallest absolute Gasteiger partial charge is 0.339 e. The molecule has 3 rings (SSSR count). The number of nitrogens with one attached hydrogen (secondary N) is 2. The number of aryl methyl sites for hydroxylation is 1. The van der Waals surface area contributed by atoms with Gasteiger partial charge in [-0.1, -0.05) is 30.3 Å². The number of aromatic amines is 1.